The molecule has 1 saturated carbocycles. The first-order valence-electron chi connectivity index (χ1n) is 10.7. The van der Waals surface area contributed by atoms with Gasteiger partial charge in [-0.15, -0.1) is 0 Å². The number of nitrogens with one attached hydrogen (secondary N) is 3. The van der Waals surface area contributed by atoms with Crippen molar-refractivity contribution in [1.29, 1.82) is 0 Å². The van der Waals surface area contributed by atoms with Crippen molar-refractivity contribution >= 4 is 28.9 Å². The van der Waals surface area contributed by atoms with Gasteiger partial charge in [-0.1, -0.05) is 0 Å². The topological polar surface area (TPSA) is 135 Å². The van der Waals surface area contributed by atoms with Gasteiger partial charge in [-0.05, 0) is 12.1 Å². The molecule has 2 atom stereocenters. The highest BCUT2D eigenvalue weighted by molar-refractivity contribution is 6.00. The van der Waals surface area contributed by atoms with Gasteiger partial charge >= 0.3 is 0 Å². The molecule has 2 fully saturated rings. The highest BCUT2D eigenvalue weighted by Gasteiger charge is 2.46. The van der Waals surface area contributed by atoms with Crippen LogP contribution < -0.4 is 21.5 Å². The van der Waals surface area contributed by atoms with E-state index in [1.165, 1.54) is 27.5 Å². The lowest BCUT2D eigenvalue weighted by Crippen LogP contribution is -2.42. The van der Waals surface area contributed by atoms with Crippen LogP contribution in [0.4, 0.5) is 26.1 Å². The maximum absolute atomic E-state index is 13.3. The number of fused-ring (bicyclic) bond motifs is 1. The standard InChI is InChI=1S/C21H23F2N7O4/c1-24-17-5-16(26-13-3-2-4-29(20(13)33)11-6-21(22,23)7-11)28-18-12(8-25-30(17)18)19(32)27-14-9-34-10-15(14)31/h2-5,8,11,14-15,24,31H,6-7,9-10H2,1H3,(H,26,28)(H,27,32)/t14-,15+/m1/s1. The summed E-state index contributed by atoms with van der Waals surface area (Å²) in [7, 11) is 1.67. The van der Waals surface area contributed by atoms with Gasteiger partial charge in [-0.3, -0.25) is 9.59 Å². The Morgan fingerprint density at radius 1 is 1.32 bits per heavy atom. The Balaban J connectivity index is 1.45. The van der Waals surface area contributed by atoms with Crippen molar-refractivity contribution < 1.29 is 23.4 Å². The van der Waals surface area contributed by atoms with Gasteiger partial charge in [0.05, 0.1) is 31.6 Å². The highest BCUT2D eigenvalue weighted by atomic mass is 19.3. The number of nitrogens with zero attached hydrogens (tertiary/aromatic N) is 4. The molecular weight excluding hydrogens is 452 g/mol. The summed E-state index contributed by atoms with van der Waals surface area (Å²) in [6.45, 7) is 0.338. The monoisotopic (exact) mass is 475 g/mol. The number of anilines is 3. The second-order valence-corrected chi connectivity index (χ2v) is 8.43. The number of hydrogen-bond donors (Lipinski definition) is 4. The zero-order valence-electron chi connectivity index (χ0n) is 18.2. The number of rotatable bonds is 6. The van der Waals surface area contributed by atoms with Crippen LogP contribution in [-0.4, -0.2) is 68.5 Å². The molecule has 1 saturated heterocycles. The zero-order chi connectivity index (χ0) is 24.0. The molecule has 11 nitrogen and oxygen atoms in total. The number of halogens is 2. The normalized spacial score (nSPS) is 21.9. The Hall–Kier alpha value is -3.58. The molecule has 13 heteroatoms. The third-order valence-corrected chi connectivity index (χ3v) is 6.04. The lowest BCUT2D eigenvalue weighted by Gasteiger charge is -2.36. The summed E-state index contributed by atoms with van der Waals surface area (Å²) in [6.07, 6.45) is 1.29. The number of alkyl halides is 2. The highest BCUT2D eigenvalue weighted by Crippen LogP contribution is 2.44. The van der Waals surface area contributed by atoms with Crippen LogP contribution in [0, 0.1) is 0 Å². The average Bonchev–Trinajstić information content (AvgIpc) is 3.39. The number of carbonyl (C=O) groups is 1. The van der Waals surface area contributed by atoms with Crippen LogP contribution in [0.1, 0.15) is 29.2 Å². The van der Waals surface area contributed by atoms with E-state index in [1.54, 1.807) is 19.2 Å². The third-order valence-electron chi connectivity index (χ3n) is 6.04. The van der Waals surface area contributed by atoms with Gasteiger partial charge < -0.3 is 30.4 Å². The Morgan fingerprint density at radius 3 is 2.79 bits per heavy atom. The molecule has 1 aliphatic carbocycles. The van der Waals surface area contributed by atoms with Crippen molar-refractivity contribution in [3.63, 3.8) is 0 Å². The smallest absolute Gasteiger partial charge is 0.274 e. The first-order valence-corrected chi connectivity index (χ1v) is 10.7. The van der Waals surface area contributed by atoms with Crippen molar-refractivity contribution in [3.8, 4) is 0 Å². The number of carbonyl (C=O) groups excluding carboxylic acids is 1. The minimum absolute atomic E-state index is 0.142. The lowest BCUT2D eigenvalue weighted by atomic mass is 9.88. The molecule has 34 heavy (non-hydrogen) atoms. The molecule has 0 spiro atoms. The maximum atomic E-state index is 13.3. The van der Waals surface area contributed by atoms with Gasteiger partial charge in [0, 0.05) is 38.2 Å². The Kier molecular flexibility index (Phi) is 5.44. The molecule has 180 valence electrons. The first kappa shape index (κ1) is 22.2. The van der Waals surface area contributed by atoms with Crippen LogP contribution in [0.3, 0.4) is 0 Å². The van der Waals surface area contributed by atoms with Crippen LogP contribution in [0.25, 0.3) is 5.65 Å². The maximum Gasteiger partial charge on any atom is 0.274 e. The van der Waals surface area contributed by atoms with Crippen LogP contribution in [-0.2, 0) is 4.74 Å². The number of hydrogen-bond acceptors (Lipinski definition) is 8. The Morgan fingerprint density at radius 2 is 2.12 bits per heavy atom. The molecular formula is C21H23F2N7O4. The number of aromatic nitrogens is 4. The first-order chi connectivity index (χ1) is 16.3. The van der Waals surface area contributed by atoms with Gasteiger partial charge in [-0.25, -0.2) is 13.8 Å². The molecule has 4 N–H and O–H groups in total. The van der Waals surface area contributed by atoms with E-state index < -0.39 is 35.6 Å². The summed E-state index contributed by atoms with van der Waals surface area (Å²) in [4.78, 5) is 30.2. The summed E-state index contributed by atoms with van der Waals surface area (Å²) < 4.78 is 34.5. The summed E-state index contributed by atoms with van der Waals surface area (Å²) >= 11 is 0. The van der Waals surface area contributed by atoms with Crippen molar-refractivity contribution in [2.75, 3.05) is 30.9 Å². The number of aliphatic hydroxyl groups excluding tert-OH is 1. The molecule has 3 aromatic heterocycles. The average molecular weight is 475 g/mol. The fourth-order valence-corrected chi connectivity index (χ4v) is 4.15. The molecule has 0 aromatic carbocycles. The van der Waals surface area contributed by atoms with E-state index in [2.05, 4.69) is 26.0 Å². The molecule has 4 heterocycles. The van der Waals surface area contributed by atoms with E-state index >= 15 is 0 Å². The zero-order valence-corrected chi connectivity index (χ0v) is 18.2. The van der Waals surface area contributed by atoms with Crippen LogP contribution in [0.2, 0.25) is 0 Å². The van der Waals surface area contributed by atoms with Gasteiger partial charge in [-0.2, -0.15) is 9.61 Å². The van der Waals surface area contributed by atoms with E-state index in [0.717, 1.165) is 0 Å². The van der Waals surface area contributed by atoms with Gasteiger partial charge in [0.25, 0.3) is 17.4 Å². The molecule has 0 unspecified atom stereocenters. The molecule has 1 amide bonds. The van der Waals surface area contributed by atoms with Gasteiger partial charge in [0.2, 0.25) is 0 Å². The molecule has 0 radical (unpaired) electrons. The van der Waals surface area contributed by atoms with E-state index in [1.807, 2.05) is 0 Å². The Labute approximate surface area is 191 Å². The predicted molar refractivity (Wildman–Crippen MR) is 118 cm³/mol. The lowest BCUT2D eigenvalue weighted by molar-refractivity contribution is -0.104. The Bertz CT molecular complexity index is 1300. The van der Waals surface area contributed by atoms with Crippen molar-refractivity contribution in [2.24, 2.45) is 0 Å². The van der Waals surface area contributed by atoms with Gasteiger partial charge in [0.15, 0.2) is 5.65 Å². The molecule has 3 aromatic rings. The molecule has 0 bridgehead atoms. The van der Waals surface area contributed by atoms with Crippen LogP contribution in [0.15, 0.2) is 35.4 Å². The summed E-state index contributed by atoms with van der Waals surface area (Å²) in [6, 6.07) is 3.63. The molecule has 1 aliphatic heterocycles. The van der Waals surface area contributed by atoms with Crippen molar-refractivity contribution in [2.45, 2.75) is 37.0 Å². The largest absolute Gasteiger partial charge is 0.388 e. The second kappa shape index (κ2) is 8.33. The van der Waals surface area contributed by atoms with Crippen molar-refractivity contribution in [1.82, 2.24) is 24.5 Å². The summed E-state index contributed by atoms with van der Waals surface area (Å²) in [5, 5.41) is 22.7. The number of amides is 1. The molecule has 2 aliphatic rings. The SMILES string of the molecule is CNc1cc(Nc2cccn(C3CC(F)(F)C3)c2=O)nc2c(C(=O)N[C@@H]3COC[C@@H]3O)cnn12. The van der Waals surface area contributed by atoms with E-state index in [0.29, 0.717) is 5.82 Å². The quantitative estimate of drug-likeness (QED) is 0.417. The van der Waals surface area contributed by atoms with E-state index in [9.17, 15) is 23.5 Å². The summed E-state index contributed by atoms with van der Waals surface area (Å²) in [5.41, 5.74) is 0.0994. The second-order valence-electron chi connectivity index (χ2n) is 8.43. The van der Waals surface area contributed by atoms with Crippen molar-refractivity contribution in [3.05, 3.63) is 46.5 Å². The third kappa shape index (κ3) is 3.96. The minimum atomic E-state index is -2.75. The molecule has 5 rings (SSSR count). The number of pyridine rings is 1. The van der Waals surface area contributed by atoms with E-state index in [-0.39, 0.29) is 48.8 Å². The number of aliphatic hydroxyl groups is 1. The fourth-order valence-electron chi connectivity index (χ4n) is 4.15. The summed E-state index contributed by atoms with van der Waals surface area (Å²) in [5.74, 6) is -2.49. The van der Waals surface area contributed by atoms with Crippen LogP contribution in [0.5, 0.6) is 0 Å². The number of ether oxygens (including phenoxy) is 1. The minimum Gasteiger partial charge on any atom is -0.388 e. The fraction of sp³-hybridized carbons (Fsp3) is 0.429. The predicted octanol–water partition coefficient (Wildman–Crippen LogP) is 1.14. The van der Waals surface area contributed by atoms with Gasteiger partial charge in [0.1, 0.15) is 22.9 Å². The van der Waals surface area contributed by atoms with Crippen LogP contribution >= 0.6 is 0 Å². The van der Waals surface area contributed by atoms with E-state index in [4.69, 9.17) is 4.74 Å².